The Kier molecular flexibility index (Phi) is 1.71. The summed E-state index contributed by atoms with van der Waals surface area (Å²) in [6.07, 6.45) is 1.01. The Morgan fingerprint density at radius 3 is 2.89 bits per heavy atom. The first-order chi connectivity index (χ1) is 4.22. The van der Waals surface area contributed by atoms with Crippen LogP contribution in [0.2, 0.25) is 0 Å². The quantitative estimate of drug-likeness (QED) is 0.461. The summed E-state index contributed by atoms with van der Waals surface area (Å²) in [4.78, 5) is 10.8. The van der Waals surface area contributed by atoms with Crippen molar-refractivity contribution >= 4 is 5.91 Å². The topological polar surface area (TPSA) is 55.1 Å². The van der Waals surface area contributed by atoms with Gasteiger partial charge < -0.3 is 11.1 Å². The highest BCUT2D eigenvalue weighted by Crippen LogP contribution is 2.08. The first kappa shape index (κ1) is 6.55. The molecule has 9 heavy (non-hydrogen) atoms. The van der Waals surface area contributed by atoms with E-state index in [0.717, 1.165) is 13.0 Å². The van der Waals surface area contributed by atoms with E-state index >= 15 is 0 Å². The molecule has 52 valence electrons. The third kappa shape index (κ3) is 1.21. The minimum absolute atomic E-state index is 0.00579. The van der Waals surface area contributed by atoms with E-state index in [9.17, 15) is 4.79 Å². The van der Waals surface area contributed by atoms with Gasteiger partial charge in [-0.2, -0.15) is 0 Å². The van der Waals surface area contributed by atoms with Gasteiger partial charge in [-0.15, -0.1) is 0 Å². The minimum atomic E-state index is -0.279. The fraction of sp³-hybridized carbons (Fsp3) is 0.833. The Labute approximate surface area is 54.6 Å². The first-order valence-electron chi connectivity index (χ1n) is 3.25. The van der Waals surface area contributed by atoms with Crippen molar-refractivity contribution in [3.05, 3.63) is 0 Å². The molecule has 2 atom stereocenters. The van der Waals surface area contributed by atoms with Crippen molar-refractivity contribution in [1.82, 2.24) is 5.32 Å². The van der Waals surface area contributed by atoms with E-state index in [-0.39, 0.29) is 11.9 Å². The highest BCUT2D eigenvalue weighted by atomic mass is 16.2. The molecule has 2 unspecified atom stereocenters. The maximum absolute atomic E-state index is 10.8. The molecule has 1 saturated heterocycles. The van der Waals surface area contributed by atoms with E-state index < -0.39 is 0 Å². The van der Waals surface area contributed by atoms with E-state index in [1.165, 1.54) is 0 Å². The van der Waals surface area contributed by atoms with Crippen molar-refractivity contribution in [3.63, 3.8) is 0 Å². The third-order valence-electron chi connectivity index (χ3n) is 1.81. The van der Waals surface area contributed by atoms with Crippen LogP contribution in [0.25, 0.3) is 0 Å². The van der Waals surface area contributed by atoms with Crippen LogP contribution in [0.3, 0.4) is 0 Å². The summed E-state index contributed by atoms with van der Waals surface area (Å²) < 4.78 is 0. The standard InChI is InChI=1S/C6H12N2O/c1-4-2-3-8-6(9)5(4)7/h4-5H,2-3,7H2,1H3,(H,8,9). The second-order valence-electron chi connectivity index (χ2n) is 2.58. The zero-order valence-corrected chi connectivity index (χ0v) is 5.55. The maximum Gasteiger partial charge on any atom is 0.237 e. The molecule has 1 heterocycles. The van der Waals surface area contributed by atoms with Crippen LogP contribution in [0, 0.1) is 5.92 Å². The van der Waals surface area contributed by atoms with Gasteiger partial charge in [-0.05, 0) is 12.3 Å². The molecule has 1 aliphatic rings. The Morgan fingerprint density at radius 2 is 2.44 bits per heavy atom. The van der Waals surface area contributed by atoms with E-state index in [2.05, 4.69) is 5.32 Å². The molecule has 0 aromatic rings. The molecular formula is C6H12N2O. The normalized spacial score (nSPS) is 36.0. The number of hydrogen-bond acceptors (Lipinski definition) is 2. The van der Waals surface area contributed by atoms with Crippen molar-refractivity contribution in [2.75, 3.05) is 6.54 Å². The molecule has 0 spiro atoms. The average molecular weight is 128 g/mol. The van der Waals surface area contributed by atoms with Crippen LogP contribution in [0.4, 0.5) is 0 Å². The summed E-state index contributed by atoms with van der Waals surface area (Å²) in [7, 11) is 0. The summed E-state index contributed by atoms with van der Waals surface area (Å²) in [6, 6.07) is -0.279. The van der Waals surface area contributed by atoms with Gasteiger partial charge in [0.25, 0.3) is 0 Å². The molecule has 1 aliphatic heterocycles. The second-order valence-corrected chi connectivity index (χ2v) is 2.58. The lowest BCUT2D eigenvalue weighted by molar-refractivity contribution is -0.124. The zero-order valence-electron chi connectivity index (χ0n) is 5.55. The van der Waals surface area contributed by atoms with Gasteiger partial charge in [-0.3, -0.25) is 4.79 Å². The highest BCUT2D eigenvalue weighted by molar-refractivity contribution is 5.82. The molecule has 0 radical (unpaired) electrons. The summed E-state index contributed by atoms with van der Waals surface area (Å²) in [5.41, 5.74) is 5.51. The lowest BCUT2D eigenvalue weighted by Gasteiger charge is -2.24. The molecule has 0 bridgehead atoms. The van der Waals surface area contributed by atoms with Gasteiger partial charge in [0, 0.05) is 6.54 Å². The fourth-order valence-electron chi connectivity index (χ4n) is 0.979. The summed E-state index contributed by atoms with van der Waals surface area (Å²) in [5, 5.41) is 2.70. The summed E-state index contributed by atoms with van der Waals surface area (Å²) in [5.74, 6) is 0.340. The number of nitrogens with one attached hydrogen (secondary N) is 1. The number of amides is 1. The van der Waals surface area contributed by atoms with Gasteiger partial charge in [-0.25, -0.2) is 0 Å². The number of rotatable bonds is 0. The van der Waals surface area contributed by atoms with Crippen molar-refractivity contribution in [1.29, 1.82) is 0 Å². The molecule has 0 aromatic carbocycles. The maximum atomic E-state index is 10.8. The molecule has 3 nitrogen and oxygen atoms in total. The Morgan fingerprint density at radius 1 is 1.78 bits per heavy atom. The van der Waals surface area contributed by atoms with E-state index in [0.29, 0.717) is 5.92 Å². The number of piperidine rings is 1. The van der Waals surface area contributed by atoms with Gasteiger partial charge in [0.05, 0.1) is 6.04 Å². The van der Waals surface area contributed by atoms with Crippen LogP contribution in [-0.2, 0) is 4.79 Å². The first-order valence-corrected chi connectivity index (χ1v) is 3.25. The van der Waals surface area contributed by atoms with Crippen LogP contribution < -0.4 is 11.1 Å². The molecule has 3 N–H and O–H groups in total. The molecule has 0 aliphatic carbocycles. The van der Waals surface area contributed by atoms with Gasteiger partial charge in [-0.1, -0.05) is 6.92 Å². The van der Waals surface area contributed by atoms with Crippen LogP contribution in [0.15, 0.2) is 0 Å². The van der Waals surface area contributed by atoms with Crippen molar-refractivity contribution in [3.8, 4) is 0 Å². The minimum Gasteiger partial charge on any atom is -0.355 e. The molecule has 0 aromatic heterocycles. The summed E-state index contributed by atoms with van der Waals surface area (Å²) in [6.45, 7) is 2.79. The van der Waals surface area contributed by atoms with Crippen LogP contribution >= 0.6 is 0 Å². The van der Waals surface area contributed by atoms with E-state index in [1.54, 1.807) is 0 Å². The Bertz CT molecular complexity index is 124. The Hall–Kier alpha value is -0.570. The fourth-order valence-corrected chi connectivity index (χ4v) is 0.979. The molecule has 1 amide bonds. The third-order valence-corrected chi connectivity index (χ3v) is 1.81. The van der Waals surface area contributed by atoms with Crippen molar-refractivity contribution in [2.45, 2.75) is 19.4 Å². The molecule has 3 heteroatoms. The highest BCUT2D eigenvalue weighted by Gasteiger charge is 2.24. The van der Waals surface area contributed by atoms with Crippen LogP contribution in [0.1, 0.15) is 13.3 Å². The number of hydrogen-bond donors (Lipinski definition) is 2. The second kappa shape index (κ2) is 2.35. The van der Waals surface area contributed by atoms with E-state index in [4.69, 9.17) is 5.73 Å². The SMILES string of the molecule is CC1CCNC(=O)C1N. The van der Waals surface area contributed by atoms with Gasteiger partial charge in [0.2, 0.25) is 5.91 Å². The van der Waals surface area contributed by atoms with Gasteiger partial charge >= 0.3 is 0 Å². The lowest BCUT2D eigenvalue weighted by Crippen LogP contribution is -2.50. The summed E-state index contributed by atoms with van der Waals surface area (Å²) >= 11 is 0. The molecule has 1 rings (SSSR count). The predicted octanol–water partition coefficient (Wildman–Crippen LogP) is -0.530. The van der Waals surface area contributed by atoms with Crippen molar-refractivity contribution in [2.24, 2.45) is 11.7 Å². The van der Waals surface area contributed by atoms with Gasteiger partial charge in [0.15, 0.2) is 0 Å². The van der Waals surface area contributed by atoms with Crippen molar-refractivity contribution < 1.29 is 4.79 Å². The molecular weight excluding hydrogens is 116 g/mol. The number of nitrogens with two attached hydrogens (primary N) is 1. The Balaban J connectivity index is 2.51. The zero-order chi connectivity index (χ0) is 6.85. The lowest BCUT2D eigenvalue weighted by atomic mass is 9.95. The largest absolute Gasteiger partial charge is 0.355 e. The number of carbonyl (C=O) groups excluding carboxylic acids is 1. The average Bonchev–Trinajstić information content (AvgIpc) is 1.83. The molecule has 0 saturated carbocycles. The van der Waals surface area contributed by atoms with Crippen LogP contribution in [0.5, 0.6) is 0 Å². The van der Waals surface area contributed by atoms with Crippen LogP contribution in [-0.4, -0.2) is 18.5 Å². The smallest absolute Gasteiger partial charge is 0.237 e. The number of carbonyl (C=O) groups is 1. The predicted molar refractivity (Wildman–Crippen MR) is 34.8 cm³/mol. The molecule has 1 fully saturated rings. The van der Waals surface area contributed by atoms with Gasteiger partial charge in [0.1, 0.15) is 0 Å². The van der Waals surface area contributed by atoms with E-state index in [1.807, 2.05) is 6.92 Å². The monoisotopic (exact) mass is 128 g/mol.